The largest absolute Gasteiger partial charge is 0.339 e. The first-order chi connectivity index (χ1) is 15.0. The fourth-order valence-corrected chi connectivity index (χ4v) is 3.90. The number of ketones is 1. The molecular formula is C23H25N5O3. The second-order valence-corrected chi connectivity index (χ2v) is 7.80. The Morgan fingerprint density at radius 1 is 1.03 bits per heavy atom. The van der Waals surface area contributed by atoms with Gasteiger partial charge in [0, 0.05) is 42.4 Å². The van der Waals surface area contributed by atoms with Crippen LogP contribution in [0.3, 0.4) is 0 Å². The van der Waals surface area contributed by atoms with Crippen molar-refractivity contribution >= 4 is 34.3 Å². The van der Waals surface area contributed by atoms with E-state index in [4.69, 9.17) is 0 Å². The van der Waals surface area contributed by atoms with Gasteiger partial charge in [-0.05, 0) is 69.2 Å². The topological polar surface area (TPSA) is 97.2 Å². The number of rotatable bonds is 5. The molecule has 1 aliphatic heterocycles. The van der Waals surface area contributed by atoms with Crippen molar-refractivity contribution in [2.45, 2.75) is 33.2 Å². The van der Waals surface area contributed by atoms with Gasteiger partial charge in [0.05, 0.1) is 5.52 Å². The third-order valence-electron chi connectivity index (χ3n) is 5.77. The highest BCUT2D eigenvalue weighted by Gasteiger charge is 2.28. The van der Waals surface area contributed by atoms with E-state index in [-0.39, 0.29) is 23.5 Å². The lowest BCUT2D eigenvalue weighted by Crippen LogP contribution is -2.41. The Morgan fingerprint density at radius 2 is 1.71 bits per heavy atom. The van der Waals surface area contributed by atoms with Crippen LogP contribution in [0.2, 0.25) is 0 Å². The molecule has 31 heavy (non-hydrogen) atoms. The second-order valence-electron chi connectivity index (χ2n) is 7.80. The van der Waals surface area contributed by atoms with Crippen LogP contribution >= 0.6 is 0 Å². The van der Waals surface area contributed by atoms with E-state index in [1.807, 2.05) is 19.1 Å². The van der Waals surface area contributed by atoms with Crippen LogP contribution in [0, 0.1) is 5.92 Å². The number of fused-ring (bicyclic) bond motifs is 1. The fourth-order valence-electron chi connectivity index (χ4n) is 3.90. The third kappa shape index (κ3) is 4.33. The number of anilines is 1. The first-order valence-electron chi connectivity index (χ1n) is 10.5. The number of carbonyl (C=O) groups is 3. The summed E-state index contributed by atoms with van der Waals surface area (Å²) in [6, 6.07) is 12.3. The van der Waals surface area contributed by atoms with Crippen molar-refractivity contribution in [1.29, 1.82) is 0 Å². The molecule has 0 radical (unpaired) electrons. The summed E-state index contributed by atoms with van der Waals surface area (Å²) in [6.07, 6.45) is 1.22. The van der Waals surface area contributed by atoms with Gasteiger partial charge in [0.1, 0.15) is 5.52 Å². The predicted octanol–water partition coefficient (Wildman–Crippen LogP) is 3.14. The Kier molecular flexibility index (Phi) is 5.79. The van der Waals surface area contributed by atoms with Gasteiger partial charge in [-0.3, -0.25) is 14.4 Å². The number of nitrogens with zero attached hydrogens (tertiary/aromatic N) is 4. The lowest BCUT2D eigenvalue weighted by Gasteiger charge is -2.31. The van der Waals surface area contributed by atoms with E-state index in [1.54, 1.807) is 39.9 Å². The number of likely N-dealkylation sites (tertiary alicyclic amines) is 1. The summed E-state index contributed by atoms with van der Waals surface area (Å²) in [5, 5.41) is 11.1. The molecule has 160 valence electrons. The monoisotopic (exact) mass is 419 g/mol. The Morgan fingerprint density at radius 3 is 2.35 bits per heavy atom. The molecule has 0 unspecified atom stereocenters. The lowest BCUT2D eigenvalue weighted by atomic mass is 9.95. The summed E-state index contributed by atoms with van der Waals surface area (Å²) >= 11 is 0. The molecule has 0 saturated carbocycles. The van der Waals surface area contributed by atoms with Gasteiger partial charge in [-0.15, -0.1) is 5.10 Å². The standard InChI is InChI=1S/C23H25N5O3/c1-3-28-21-9-6-18(14-20(21)25-26-28)23(31)27-12-10-17(11-13-27)22(30)24-19-7-4-16(5-8-19)15(2)29/h4-9,14,17H,3,10-13H2,1-2H3,(H,24,30). The number of nitrogens with one attached hydrogen (secondary N) is 1. The van der Waals surface area contributed by atoms with Crippen molar-refractivity contribution < 1.29 is 14.4 Å². The molecule has 3 aromatic rings. The number of hydrogen-bond donors (Lipinski definition) is 1. The van der Waals surface area contributed by atoms with E-state index in [1.165, 1.54) is 6.92 Å². The zero-order valence-corrected chi connectivity index (χ0v) is 17.7. The molecule has 0 aliphatic carbocycles. The van der Waals surface area contributed by atoms with E-state index in [9.17, 15) is 14.4 Å². The zero-order valence-electron chi connectivity index (χ0n) is 17.7. The predicted molar refractivity (Wildman–Crippen MR) is 117 cm³/mol. The maximum Gasteiger partial charge on any atom is 0.253 e. The van der Waals surface area contributed by atoms with Crippen molar-refractivity contribution in [2.24, 2.45) is 5.92 Å². The minimum Gasteiger partial charge on any atom is -0.339 e. The normalized spacial score (nSPS) is 14.6. The molecule has 8 heteroatoms. The molecule has 0 atom stereocenters. The molecule has 1 N–H and O–H groups in total. The zero-order chi connectivity index (χ0) is 22.0. The van der Waals surface area contributed by atoms with Crippen molar-refractivity contribution in [1.82, 2.24) is 19.9 Å². The smallest absolute Gasteiger partial charge is 0.253 e. The van der Waals surface area contributed by atoms with Gasteiger partial charge in [0.2, 0.25) is 5.91 Å². The van der Waals surface area contributed by atoms with Crippen molar-refractivity contribution in [3.05, 3.63) is 53.6 Å². The molecule has 4 rings (SSSR count). The van der Waals surface area contributed by atoms with Crippen LogP contribution in [0.25, 0.3) is 11.0 Å². The molecular weight excluding hydrogens is 394 g/mol. The fraction of sp³-hybridized carbons (Fsp3) is 0.348. The highest BCUT2D eigenvalue weighted by atomic mass is 16.2. The summed E-state index contributed by atoms with van der Waals surface area (Å²) in [7, 11) is 0. The summed E-state index contributed by atoms with van der Waals surface area (Å²) in [5.74, 6) is -0.264. The molecule has 1 aliphatic rings. The van der Waals surface area contributed by atoms with Crippen LogP contribution in [-0.2, 0) is 11.3 Å². The Balaban J connectivity index is 1.35. The van der Waals surface area contributed by atoms with Crippen LogP contribution in [0.15, 0.2) is 42.5 Å². The number of aromatic nitrogens is 3. The molecule has 2 heterocycles. The van der Waals surface area contributed by atoms with Crippen LogP contribution in [0.5, 0.6) is 0 Å². The molecule has 1 saturated heterocycles. The van der Waals surface area contributed by atoms with Gasteiger partial charge in [-0.2, -0.15) is 0 Å². The van der Waals surface area contributed by atoms with Gasteiger partial charge in [0.25, 0.3) is 5.91 Å². The number of carbonyl (C=O) groups excluding carboxylic acids is 3. The van der Waals surface area contributed by atoms with E-state index < -0.39 is 0 Å². The van der Waals surface area contributed by atoms with Crippen molar-refractivity contribution in [3.63, 3.8) is 0 Å². The average Bonchev–Trinajstić information content (AvgIpc) is 3.21. The van der Waals surface area contributed by atoms with E-state index in [2.05, 4.69) is 15.6 Å². The van der Waals surface area contributed by atoms with E-state index in [0.717, 1.165) is 12.1 Å². The van der Waals surface area contributed by atoms with Crippen molar-refractivity contribution in [3.8, 4) is 0 Å². The van der Waals surface area contributed by atoms with Gasteiger partial charge in [-0.25, -0.2) is 4.68 Å². The van der Waals surface area contributed by atoms with Crippen LogP contribution in [-0.4, -0.2) is 50.6 Å². The highest BCUT2D eigenvalue weighted by Crippen LogP contribution is 2.22. The van der Waals surface area contributed by atoms with Crippen LogP contribution in [0.1, 0.15) is 47.4 Å². The SMILES string of the molecule is CCn1nnc2cc(C(=O)N3CCC(C(=O)Nc4ccc(C(C)=O)cc4)CC3)ccc21. The summed E-state index contributed by atoms with van der Waals surface area (Å²) in [6.45, 7) is 5.28. The minimum absolute atomic E-state index is 0.0101. The lowest BCUT2D eigenvalue weighted by molar-refractivity contribution is -0.121. The van der Waals surface area contributed by atoms with E-state index in [0.29, 0.717) is 48.3 Å². The quantitative estimate of drug-likeness (QED) is 0.641. The highest BCUT2D eigenvalue weighted by molar-refractivity contribution is 5.98. The van der Waals surface area contributed by atoms with Crippen LogP contribution < -0.4 is 5.32 Å². The molecule has 2 aromatic carbocycles. The molecule has 0 spiro atoms. The number of aryl methyl sites for hydroxylation is 1. The first kappa shape index (κ1) is 20.7. The van der Waals surface area contributed by atoms with E-state index >= 15 is 0 Å². The van der Waals surface area contributed by atoms with Gasteiger partial charge < -0.3 is 10.2 Å². The summed E-state index contributed by atoms with van der Waals surface area (Å²) in [4.78, 5) is 38.7. The first-order valence-corrected chi connectivity index (χ1v) is 10.5. The Labute approximate surface area is 180 Å². The molecule has 2 amide bonds. The molecule has 0 bridgehead atoms. The minimum atomic E-state index is -0.150. The Hall–Kier alpha value is -3.55. The van der Waals surface area contributed by atoms with Gasteiger partial charge >= 0.3 is 0 Å². The summed E-state index contributed by atoms with van der Waals surface area (Å²) < 4.78 is 1.79. The maximum atomic E-state index is 12.9. The van der Waals surface area contributed by atoms with Gasteiger partial charge in [-0.1, -0.05) is 5.21 Å². The number of amides is 2. The number of piperidine rings is 1. The maximum absolute atomic E-state index is 12.9. The number of benzene rings is 2. The molecule has 1 aromatic heterocycles. The second kappa shape index (κ2) is 8.67. The van der Waals surface area contributed by atoms with Crippen molar-refractivity contribution in [2.75, 3.05) is 18.4 Å². The average molecular weight is 419 g/mol. The number of Topliss-reactive ketones (excluding diaryl/α,β-unsaturated/α-hetero) is 1. The van der Waals surface area contributed by atoms with Gasteiger partial charge in [0.15, 0.2) is 5.78 Å². The molecule has 8 nitrogen and oxygen atoms in total. The molecule has 1 fully saturated rings. The number of hydrogen-bond acceptors (Lipinski definition) is 5. The summed E-state index contributed by atoms with van der Waals surface area (Å²) in [5.41, 5.74) is 3.48. The van der Waals surface area contributed by atoms with Crippen LogP contribution in [0.4, 0.5) is 5.69 Å². The Bertz CT molecular complexity index is 1130. The third-order valence-corrected chi connectivity index (χ3v) is 5.77.